The second kappa shape index (κ2) is 6.28. The Labute approximate surface area is 134 Å². The van der Waals surface area contributed by atoms with Crippen molar-refractivity contribution in [1.29, 1.82) is 0 Å². The maximum absolute atomic E-state index is 12.8. The molecular formula is C15H12BrClF3N. The number of anilines is 1. The Morgan fingerprint density at radius 3 is 2.48 bits per heavy atom. The molecule has 0 amide bonds. The van der Waals surface area contributed by atoms with Gasteiger partial charge >= 0.3 is 6.18 Å². The summed E-state index contributed by atoms with van der Waals surface area (Å²) in [7, 11) is 0. The summed E-state index contributed by atoms with van der Waals surface area (Å²) in [5, 5.41) is 2.67. The lowest BCUT2D eigenvalue weighted by atomic mass is 10.1. The highest BCUT2D eigenvalue weighted by Gasteiger charge is 2.33. The first-order chi connectivity index (χ1) is 9.77. The average Bonchev–Trinajstić information content (AvgIpc) is 2.38. The number of hydrogen-bond acceptors (Lipinski definition) is 1. The van der Waals surface area contributed by atoms with E-state index < -0.39 is 11.7 Å². The molecule has 2 rings (SSSR count). The molecule has 0 radical (unpaired) electrons. The van der Waals surface area contributed by atoms with E-state index in [1.54, 1.807) is 0 Å². The molecule has 0 unspecified atom stereocenters. The van der Waals surface area contributed by atoms with Crippen LogP contribution in [0.15, 0.2) is 40.9 Å². The first-order valence-electron chi connectivity index (χ1n) is 6.13. The van der Waals surface area contributed by atoms with E-state index in [1.807, 2.05) is 25.1 Å². The van der Waals surface area contributed by atoms with Crippen LogP contribution in [-0.2, 0) is 12.7 Å². The first-order valence-corrected chi connectivity index (χ1v) is 7.30. The monoisotopic (exact) mass is 377 g/mol. The van der Waals surface area contributed by atoms with Crippen molar-refractivity contribution < 1.29 is 13.2 Å². The second-order valence-electron chi connectivity index (χ2n) is 4.64. The molecule has 0 aliphatic carbocycles. The van der Waals surface area contributed by atoms with Gasteiger partial charge in [-0.2, -0.15) is 13.2 Å². The number of nitrogens with one attached hydrogen (secondary N) is 1. The van der Waals surface area contributed by atoms with Gasteiger partial charge in [0.05, 0.1) is 10.6 Å². The lowest BCUT2D eigenvalue weighted by Gasteiger charge is -2.13. The largest absolute Gasteiger partial charge is 0.417 e. The van der Waals surface area contributed by atoms with Gasteiger partial charge in [0.25, 0.3) is 0 Å². The third-order valence-corrected chi connectivity index (χ3v) is 4.03. The summed E-state index contributed by atoms with van der Waals surface area (Å²) in [5.74, 6) is 0. The van der Waals surface area contributed by atoms with Gasteiger partial charge in [0, 0.05) is 16.7 Å². The van der Waals surface area contributed by atoms with Crippen LogP contribution in [0, 0.1) is 6.92 Å². The quantitative estimate of drug-likeness (QED) is 0.686. The van der Waals surface area contributed by atoms with Crippen LogP contribution in [0.5, 0.6) is 0 Å². The van der Waals surface area contributed by atoms with Crippen LogP contribution in [0.25, 0.3) is 0 Å². The van der Waals surface area contributed by atoms with Gasteiger partial charge in [-0.05, 0) is 42.3 Å². The fourth-order valence-electron chi connectivity index (χ4n) is 1.85. The second-order valence-corrected chi connectivity index (χ2v) is 5.90. The van der Waals surface area contributed by atoms with E-state index in [0.29, 0.717) is 12.2 Å². The van der Waals surface area contributed by atoms with Crippen LogP contribution < -0.4 is 5.32 Å². The average molecular weight is 379 g/mol. The highest BCUT2D eigenvalue weighted by molar-refractivity contribution is 9.10. The molecule has 2 aromatic carbocycles. The van der Waals surface area contributed by atoms with Crippen LogP contribution >= 0.6 is 27.5 Å². The zero-order valence-electron chi connectivity index (χ0n) is 11.1. The molecule has 0 aliphatic heterocycles. The molecule has 0 heterocycles. The van der Waals surface area contributed by atoms with Gasteiger partial charge in [0.1, 0.15) is 0 Å². The minimum Gasteiger partial charge on any atom is -0.381 e. The van der Waals surface area contributed by atoms with Crippen LogP contribution in [0.1, 0.15) is 16.7 Å². The lowest BCUT2D eigenvalue weighted by molar-refractivity contribution is -0.137. The standard InChI is InChI=1S/C15H12BrClF3N/c1-9-2-3-10(13(16)6-9)8-21-11-4-5-14(17)12(7-11)15(18,19)20/h2-7,21H,8H2,1H3. The van der Waals surface area contributed by atoms with Gasteiger partial charge in [-0.1, -0.05) is 39.7 Å². The maximum Gasteiger partial charge on any atom is 0.417 e. The van der Waals surface area contributed by atoms with E-state index >= 15 is 0 Å². The van der Waals surface area contributed by atoms with Crippen molar-refractivity contribution >= 4 is 33.2 Å². The van der Waals surface area contributed by atoms with Crippen molar-refractivity contribution in [2.24, 2.45) is 0 Å². The first kappa shape index (κ1) is 16.2. The van der Waals surface area contributed by atoms with Crippen LogP contribution in [-0.4, -0.2) is 0 Å². The lowest BCUT2D eigenvalue weighted by Crippen LogP contribution is -2.07. The molecule has 1 nitrogen and oxygen atoms in total. The van der Waals surface area contributed by atoms with Crippen molar-refractivity contribution in [3.05, 3.63) is 62.6 Å². The number of hydrogen-bond donors (Lipinski definition) is 1. The molecule has 0 aliphatic rings. The van der Waals surface area contributed by atoms with Crippen molar-refractivity contribution in [3.63, 3.8) is 0 Å². The van der Waals surface area contributed by atoms with Gasteiger partial charge in [0.15, 0.2) is 0 Å². The van der Waals surface area contributed by atoms with E-state index in [0.717, 1.165) is 21.7 Å². The van der Waals surface area contributed by atoms with E-state index in [4.69, 9.17) is 11.6 Å². The normalized spacial score (nSPS) is 11.5. The maximum atomic E-state index is 12.8. The van der Waals surface area contributed by atoms with Crippen LogP contribution in [0.3, 0.4) is 0 Å². The van der Waals surface area contributed by atoms with Gasteiger partial charge in [-0.25, -0.2) is 0 Å². The van der Waals surface area contributed by atoms with Crippen LogP contribution in [0.4, 0.5) is 18.9 Å². The van der Waals surface area contributed by atoms with E-state index in [-0.39, 0.29) is 5.02 Å². The molecule has 2 aromatic rings. The number of benzene rings is 2. The Morgan fingerprint density at radius 1 is 1.14 bits per heavy atom. The summed E-state index contributed by atoms with van der Waals surface area (Å²) in [4.78, 5) is 0. The Balaban J connectivity index is 2.17. The number of rotatable bonds is 3. The fraction of sp³-hybridized carbons (Fsp3) is 0.200. The predicted octanol–water partition coefficient (Wildman–Crippen LogP) is 6.04. The Morgan fingerprint density at radius 2 is 1.86 bits per heavy atom. The molecule has 0 bridgehead atoms. The summed E-state index contributed by atoms with van der Waals surface area (Å²) in [6.07, 6.45) is -4.46. The number of alkyl halides is 3. The minimum atomic E-state index is -4.46. The molecule has 0 spiro atoms. The van der Waals surface area contributed by atoms with Gasteiger partial charge in [-0.3, -0.25) is 0 Å². The smallest absolute Gasteiger partial charge is 0.381 e. The Hall–Kier alpha value is -1.20. The third kappa shape index (κ3) is 4.14. The summed E-state index contributed by atoms with van der Waals surface area (Å²) < 4.78 is 39.3. The predicted molar refractivity (Wildman–Crippen MR) is 82.7 cm³/mol. The van der Waals surface area contributed by atoms with E-state index in [2.05, 4.69) is 21.2 Å². The molecule has 6 heteroatoms. The molecule has 21 heavy (non-hydrogen) atoms. The van der Waals surface area contributed by atoms with Gasteiger partial charge < -0.3 is 5.32 Å². The van der Waals surface area contributed by atoms with Gasteiger partial charge in [-0.15, -0.1) is 0 Å². The number of halogens is 5. The molecule has 0 saturated heterocycles. The van der Waals surface area contributed by atoms with Crippen LogP contribution in [0.2, 0.25) is 5.02 Å². The van der Waals surface area contributed by atoms with Gasteiger partial charge in [0.2, 0.25) is 0 Å². The zero-order chi connectivity index (χ0) is 15.6. The van der Waals surface area contributed by atoms with Crippen molar-refractivity contribution in [1.82, 2.24) is 0 Å². The van der Waals surface area contributed by atoms with E-state index in [9.17, 15) is 13.2 Å². The molecule has 0 atom stereocenters. The summed E-state index contributed by atoms with van der Waals surface area (Å²) >= 11 is 9.02. The topological polar surface area (TPSA) is 12.0 Å². The molecule has 0 saturated carbocycles. The summed E-state index contributed by atoms with van der Waals surface area (Å²) in [5.41, 5.74) is 1.61. The molecule has 1 N–H and O–H groups in total. The SMILES string of the molecule is Cc1ccc(CNc2ccc(Cl)c(C(F)(F)F)c2)c(Br)c1. The fourth-order valence-corrected chi connectivity index (χ4v) is 2.70. The third-order valence-electron chi connectivity index (χ3n) is 2.96. The van der Waals surface area contributed by atoms with Crippen molar-refractivity contribution in [3.8, 4) is 0 Å². The van der Waals surface area contributed by atoms with Crippen molar-refractivity contribution in [2.75, 3.05) is 5.32 Å². The summed E-state index contributed by atoms with van der Waals surface area (Å²) in [6.45, 7) is 2.39. The highest BCUT2D eigenvalue weighted by atomic mass is 79.9. The zero-order valence-corrected chi connectivity index (χ0v) is 13.4. The highest BCUT2D eigenvalue weighted by Crippen LogP contribution is 2.36. The molecular weight excluding hydrogens is 367 g/mol. The molecule has 0 aromatic heterocycles. The van der Waals surface area contributed by atoms with Crippen molar-refractivity contribution in [2.45, 2.75) is 19.6 Å². The minimum absolute atomic E-state index is 0.301. The number of aryl methyl sites for hydroxylation is 1. The Bertz CT molecular complexity index is 656. The van der Waals surface area contributed by atoms with E-state index in [1.165, 1.54) is 12.1 Å². The Kier molecular flexibility index (Phi) is 4.84. The molecule has 112 valence electrons. The molecule has 0 fully saturated rings. The summed E-state index contributed by atoms with van der Waals surface area (Å²) in [6, 6.07) is 9.62.